The number of aryl methyl sites for hydroxylation is 2. The lowest BCUT2D eigenvalue weighted by atomic mass is 10.0. The Bertz CT molecular complexity index is 478. The van der Waals surface area contributed by atoms with Crippen LogP contribution in [0.4, 0.5) is 5.69 Å². The van der Waals surface area contributed by atoms with Crippen LogP contribution in [0.2, 0.25) is 0 Å². The molecule has 2 rings (SSSR count). The molecule has 0 saturated carbocycles. The van der Waals surface area contributed by atoms with E-state index >= 15 is 0 Å². The molecule has 0 radical (unpaired) electrons. The number of carbonyl (C=O) groups is 1. The van der Waals surface area contributed by atoms with E-state index in [4.69, 9.17) is 21.1 Å². The average Bonchev–Trinajstić information content (AvgIpc) is 3.08. The van der Waals surface area contributed by atoms with Gasteiger partial charge in [-0.25, -0.2) is 0 Å². The minimum Gasteiger partial charge on any atom is -0.350 e. The Morgan fingerprint density at radius 1 is 1.23 bits per heavy atom. The van der Waals surface area contributed by atoms with Gasteiger partial charge in [0.15, 0.2) is 6.29 Å². The van der Waals surface area contributed by atoms with Crippen LogP contribution in [-0.2, 0) is 27.1 Å². The predicted octanol–water partition coefficient (Wildman–Crippen LogP) is 3.15. The second-order valence-corrected chi connectivity index (χ2v) is 5.54. The molecule has 0 spiro atoms. The van der Waals surface area contributed by atoms with E-state index in [0.717, 1.165) is 18.5 Å². The number of rotatable bonds is 7. The van der Waals surface area contributed by atoms with Crippen LogP contribution in [-0.4, -0.2) is 37.8 Å². The van der Waals surface area contributed by atoms with E-state index in [0.29, 0.717) is 26.2 Å². The summed E-state index contributed by atoms with van der Waals surface area (Å²) in [6.07, 6.45) is 2.20. The first-order valence-corrected chi connectivity index (χ1v) is 8.45. The van der Waals surface area contributed by atoms with Crippen molar-refractivity contribution in [2.75, 3.05) is 30.5 Å². The molecular weight excluding hydrogens is 302 g/mol. The Morgan fingerprint density at radius 2 is 1.82 bits per heavy atom. The van der Waals surface area contributed by atoms with E-state index in [1.165, 1.54) is 11.1 Å². The van der Waals surface area contributed by atoms with Crippen LogP contribution < -0.4 is 4.90 Å². The maximum atomic E-state index is 12.4. The standard InChI is InChI=1S/C17H24ClNO3/c1-3-13-6-5-7-14(4-2)17(13)19(15(20)12-18)9-8-16-21-10-11-22-16/h5-7,16H,3-4,8-12H2,1-2H3. The largest absolute Gasteiger partial charge is 0.350 e. The molecule has 1 aromatic rings. The van der Waals surface area contributed by atoms with Crippen LogP contribution in [0.1, 0.15) is 31.4 Å². The molecule has 1 aliphatic heterocycles. The first-order chi connectivity index (χ1) is 10.7. The Morgan fingerprint density at radius 3 is 2.32 bits per heavy atom. The number of hydrogen-bond donors (Lipinski definition) is 0. The normalized spacial score (nSPS) is 15.2. The molecule has 0 unspecified atom stereocenters. The summed E-state index contributed by atoms with van der Waals surface area (Å²) in [4.78, 5) is 14.2. The molecule has 22 heavy (non-hydrogen) atoms. The molecule has 0 aromatic heterocycles. The monoisotopic (exact) mass is 325 g/mol. The van der Waals surface area contributed by atoms with Gasteiger partial charge in [-0.05, 0) is 24.0 Å². The van der Waals surface area contributed by atoms with Gasteiger partial charge in [0.2, 0.25) is 5.91 Å². The van der Waals surface area contributed by atoms with Gasteiger partial charge in [-0.15, -0.1) is 11.6 Å². The molecule has 1 amide bonds. The third-order valence-corrected chi connectivity index (χ3v) is 4.16. The zero-order valence-corrected chi connectivity index (χ0v) is 14.1. The first-order valence-electron chi connectivity index (χ1n) is 7.91. The number of hydrogen-bond acceptors (Lipinski definition) is 3. The first kappa shape index (κ1) is 17.3. The Balaban J connectivity index is 2.25. The van der Waals surface area contributed by atoms with Crippen LogP contribution in [0.3, 0.4) is 0 Å². The van der Waals surface area contributed by atoms with Gasteiger partial charge in [-0.2, -0.15) is 0 Å². The molecular formula is C17H24ClNO3. The van der Waals surface area contributed by atoms with Crippen molar-refractivity contribution in [2.45, 2.75) is 39.4 Å². The van der Waals surface area contributed by atoms with Gasteiger partial charge in [-0.3, -0.25) is 4.79 Å². The molecule has 0 bridgehead atoms. The summed E-state index contributed by atoms with van der Waals surface area (Å²) in [6, 6.07) is 6.20. The maximum Gasteiger partial charge on any atom is 0.241 e. The lowest BCUT2D eigenvalue weighted by Crippen LogP contribution is -2.36. The lowest BCUT2D eigenvalue weighted by molar-refractivity contribution is -0.116. The number of para-hydroxylation sites is 1. The van der Waals surface area contributed by atoms with Crippen LogP contribution in [0.25, 0.3) is 0 Å². The van der Waals surface area contributed by atoms with E-state index in [1.807, 2.05) is 6.07 Å². The second kappa shape index (κ2) is 8.51. The van der Waals surface area contributed by atoms with Crippen molar-refractivity contribution in [2.24, 2.45) is 0 Å². The van der Waals surface area contributed by atoms with Crippen LogP contribution in [0.15, 0.2) is 18.2 Å². The molecule has 4 nitrogen and oxygen atoms in total. The molecule has 0 aliphatic carbocycles. The zero-order chi connectivity index (χ0) is 15.9. The Hall–Kier alpha value is -1.10. The Kier molecular flexibility index (Phi) is 6.68. The van der Waals surface area contributed by atoms with Crippen molar-refractivity contribution in [3.8, 4) is 0 Å². The summed E-state index contributed by atoms with van der Waals surface area (Å²) >= 11 is 5.83. The highest BCUT2D eigenvalue weighted by Crippen LogP contribution is 2.28. The SMILES string of the molecule is CCc1cccc(CC)c1N(CCC1OCCO1)C(=O)CCl. The van der Waals surface area contributed by atoms with E-state index in [9.17, 15) is 4.79 Å². The van der Waals surface area contributed by atoms with E-state index in [-0.39, 0.29) is 18.1 Å². The number of benzene rings is 1. The van der Waals surface area contributed by atoms with Crippen molar-refractivity contribution in [3.63, 3.8) is 0 Å². The van der Waals surface area contributed by atoms with Gasteiger partial charge in [-0.1, -0.05) is 32.0 Å². The van der Waals surface area contributed by atoms with Crippen molar-refractivity contribution >= 4 is 23.2 Å². The van der Waals surface area contributed by atoms with Crippen molar-refractivity contribution < 1.29 is 14.3 Å². The molecule has 1 fully saturated rings. The third-order valence-electron chi connectivity index (χ3n) is 3.93. The molecule has 1 aliphatic rings. The average molecular weight is 326 g/mol. The smallest absolute Gasteiger partial charge is 0.241 e. The number of ether oxygens (including phenoxy) is 2. The highest BCUT2D eigenvalue weighted by Gasteiger charge is 2.23. The highest BCUT2D eigenvalue weighted by atomic mass is 35.5. The van der Waals surface area contributed by atoms with Crippen LogP contribution in [0.5, 0.6) is 0 Å². The number of halogens is 1. The predicted molar refractivity (Wildman–Crippen MR) is 88.6 cm³/mol. The summed E-state index contributed by atoms with van der Waals surface area (Å²) in [6.45, 7) is 6.01. The summed E-state index contributed by atoms with van der Waals surface area (Å²) in [5.41, 5.74) is 3.35. The van der Waals surface area contributed by atoms with E-state index in [1.54, 1.807) is 4.90 Å². The fourth-order valence-corrected chi connectivity index (χ4v) is 2.95. The molecule has 1 aromatic carbocycles. The van der Waals surface area contributed by atoms with Crippen LogP contribution >= 0.6 is 11.6 Å². The third kappa shape index (κ3) is 4.00. The maximum absolute atomic E-state index is 12.4. The topological polar surface area (TPSA) is 38.8 Å². The van der Waals surface area contributed by atoms with E-state index in [2.05, 4.69) is 26.0 Å². The van der Waals surface area contributed by atoms with Gasteiger partial charge in [0.1, 0.15) is 5.88 Å². The molecule has 0 atom stereocenters. The van der Waals surface area contributed by atoms with Crippen molar-refractivity contribution in [3.05, 3.63) is 29.3 Å². The van der Waals surface area contributed by atoms with Crippen molar-refractivity contribution in [1.82, 2.24) is 0 Å². The van der Waals surface area contributed by atoms with Crippen LogP contribution in [0, 0.1) is 0 Å². The second-order valence-electron chi connectivity index (χ2n) is 5.27. The lowest BCUT2D eigenvalue weighted by Gasteiger charge is -2.27. The molecule has 0 N–H and O–H groups in total. The molecule has 5 heteroatoms. The fraction of sp³-hybridized carbons (Fsp3) is 0.588. The minimum atomic E-state index is -0.218. The zero-order valence-electron chi connectivity index (χ0n) is 13.3. The summed E-state index contributed by atoms with van der Waals surface area (Å²) in [7, 11) is 0. The minimum absolute atomic E-state index is 0.0203. The summed E-state index contributed by atoms with van der Waals surface area (Å²) in [5.74, 6) is -0.0941. The number of anilines is 1. The number of carbonyl (C=O) groups excluding carboxylic acids is 1. The molecule has 1 heterocycles. The highest BCUT2D eigenvalue weighted by molar-refractivity contribution is 6.29. The summed E-state index contributed by atoms with van der Waals surface area (Å²) < 4.78 is 10.9. The van der Waals surface area contributed by atoms with Gasteiger partial charge in [0.05, 0.1) is 18.9 Å². The van der Waals surface area contributed by atoms with E-state index < -0.39 is 0 Å². The van der Waals surface area contributed by atoms with Gasteiger partial charge in [0.25, 0.3) is 0 Å². The van der Waals surface area contributed by atoms with Gasteiger partial charge >= 0.3 is 0 Å². The van der Waals surface area contributed by atoms with Gasteiger partial charge in [0, 0.05) is 13.0 Å². The number of amides is 1. The van der Waals surface area contributed by atoms with Gasteiger partial charge < -0.3 is 14.4 Å². The molecule has 1 saturated heterocycles. The summed E-state index contributed by atoms with van der Waals surface area (Å²) in [5, 5.41) is 0. The number of alkyl halides is 1. The number of nitrogens with zero attached hydrogens (tertiary/aromatic N) is 1. The Labute approximate surface area is 137 Å². The fourth-order valence-electron chi connectivity index (χ4n) is 2.80. The molecule has 122 valence electrons. The quantitative estimate of drug-likeness (QED) is 0.723. The van der Waals surface area contributed by atoms with Crippen molar-refractivity contribution in [1.29, 1.82) is 0 Å².